The Hall–Kier alpha value is -1.71. The molecule has 0 amide bonds. The number of benzene rings is 2. The van der Waals surface area contributed by atoms with Gasteiger partial charge in [-0.15, -0.1) is 0 Å². The molecule has 4 heteroatoms. The van der Waals surface area contributed by atoms with Gasteiger partial charge in [0.2, 0.25) is 0 Å². The smallest absolute Gasteiger partial charge is 0.180 e. The minimum atomic E-state index is 0.414. The molecule has 0 spiro atoms. The van der Waals surface area contributed by atoms with Crippen LogP contribution in [0.25, 0.3) is 0 Å². The first-order chi connectivity index (χ1) is 11.5. The molecular weight excluding hydrogens is 322 g/mol. The van der Waals surface area contributed by atoms with E-state index in [-0.39, 0.29) is 0 Å². The van der Waals surface area contributed by atoms with Crippen molar-refractivity contribution in [3.8, 4) is 11.5 Å². The van der Waals surface area contributed by atoms with Crippen molar-refractivity contribution in [2.45, 2.75) is 46.9 Å². The Morgan fingerprint density at radius 2 is 1.75 bits per heavy atom. The number of aryl methyl sites for hydroxylation is 1. The van der Waals surface area contributed by atoms with Crippen LogP contribution in [-0.2, 0) is 13.2 Å². The Labute approximate surface area is 149 Å². The van der Waals surface area contributed by atoms with Gasteiger partial charge in [-0.05, 0) is 37.1 Å². The molecule has 0 aliphatic carbocycles. The van der Waals surface area contributed by atoms with Gasteiger partial charge in [-0.1, -0.05) is 55.3 Å². The maximum absolute atomic E-state index is 6.44. The third-order valence-electron chi connectivity index (χ3n) is 3.59. The molecule has 0 aliphatic heterocycles. The second-order valence-electron chi connectivity index (χ2n) is 6.15. The largest absolute Gasteiger partial charge is 0.490 e. The number of hydrogen-bond acceptors (Lipinski definition) is 3. The third-order valence-corrected chi connectivity index (χ3v) is 3.87. The van der Waals surface area contributed by atoms with Crippen LogP contribution in [0.1, 0.15) is 37.5 Å². The molecule has 0 unspecified atom stereocenters. The fourth-order valence-corrected chi connectivity index (χ4v) is 2.58. The molecule has 2 rings (SSSR count). The van der Waals surface area contributed by atoms with Crippen molar-refractivity contribution in [1.29, 1.82) is 0 Å². The zero-order valence-corrected chi connectivity index (χ0v) is 15.6. The van der Waals surface area contributed by atoms with E-state index in [0.29, 0.717) is 35.8 Å². The van der Waals surface area contributed by atoms with Crippen LogP contribution in [-0.4, -0.2) is 12.6 Å². The molecule has 0 saturated carbocycles. The van der Waals surface area contributed by atoms with Gasteiger partial charge in [0.15, 0.2) is 11.5 Å². The highest BCUT2D eigenvalue weighted by atomic mass is 35.5. The fourth-order valence-electron chi connectivity index (χ4n) is 2.29. The summed E-state index contributed by atoms with van der Waals surface area (Å²) in [5.41, 5.74) is 3.42. The van der Waals surface area contributed by atoms with Crippen molar-refractivity contribution in [1.82, 2.24) is 5.32 Å². The number of ether oxygens (including phenoxy) is 2. The molecule has 0 fully saturated rings. The molecule has 3 nitrogen and oxygen atoms in total. The van der Waals surface area contributed by atoms with Gasteiger partial charge in [-0.2, -0.15) is 0 Å². The number of hydrogen-bond donors (Lipinski definition) is 1. The van der Waals surface area contributed by atoms with Crippen LogP contribution in [0.4, 0.5) is 0 Å². The second kappa shape index (κ2) is 8.95. The summed E-state index contributed by atoms with van der Waals surface area (Å²) in [5.74, 6) is 1.30. The highest BCUT2D eigenvalue weighted by Crippen LogP contribution is 2.37. The average molecular weight is 348 g/mol. The van der Waals surface area contributed by atoms with Crippen molar-refractivity contribution in [3.05, 3.63) is 58.1 Å². The quantitative estimate of drug-likeness (QED) is 0.718. The summed E-state index contributed by atoms with van der Waals surface area (Å²) in [5, 5.41) is 3.96. The monoisotopic (exact) mass is 347 g/mol. The minimum absolute atomic E-state index is 0.414. The SMILES string of the molecule is CCOc1cc(CNC(C)C)cc(Cl)c1OCc1ccc(C)cc1. The van der Waals surface area contributed by atoms with E-state index >= 15 is 0 Å². The average Bonchev–Trinajstić information content (AvgIpc) is 2.54. The maximum Gasteiger partial charge on any atom is 0.180 e. The Morgan fingerprint density at radius 3 is 2.38 bits per heavy atom. The Kier molecular flexibility index (Phi) is 6.95. The van der Waals surface area contributed by atoms with Crippen molar-refractivity contribution in [2.75, 3.05) is 6.61 Å². The van der Waals surface area contributed by atoms with Crippen molar-refractivity contribution >= 4 is 11.6 Å². The number of nitrogens with one attached hydrogen (secondary N) is 1. The van der Waals surface area contributed by atoms with E-state index in [1.807, 2.05) is 19.1 Å². The summed E-state index contributed by atoms with van der Waals surface area (Å²) in [6, 6.07) is 12.6. The molecule has 2 aromatic rings. The summed E-state index contributed by atoms with van der Waals surface area (Å²) < 4.78 is 11.7. The fraction of sp³-hybridized carbons (Fsp3) is 0.400. The van der Waals surface area contributed by atoms with Crippen LogP contribution in [0.15, 0.2) is 36.4 Å². The molecular formula is C20H26ClNO2. The molecule has 0 saturated heterocycles. The number of halogens is 1. The first kappa shape index (κ1) is 18.6. The van der Waals surface area contributed by atoms with Crippen LogP contribution in [0.5, 0.6) is 11.5 Å². The molecule has 1 N–H and O–H groups in total. The highest BCUT2D eigenvalue weighted by molar-refractivity contribution is 6.32. The van der Waals surface area contributed by atoms with Gasteiger partial charge in [0.25, 0.3) is 0 Å². The first-order valence-electron chi connectivity index (χ1n) is 8.36. The van der Waals surface area contributed by atoms with Crippen LogP contribution in [0, 0.1) is 6.92 Å². The summed E-state index contributed by atoms with van der Waals surface area (Å²) >= 11 is 6.44. The molecule has 2 aromatic carbocycles. The molecule has 0 aliphatic rings. The predicted molar refractivity (Wildman–Crippen MR) is 100 cm³/mol. The first-order valence-corrected chi connectivity index (χ1v) is 8.74. The van der Waals surface area contributed by atoms with Gasteiger partial charge in [0, 0.05) is 12.6 Å². The molecule has 0 radical (unpaired) electrons. The lowest BCUT2D eigenvalue weighted by atomic mass is 10.1. The zero-order valence-electron chi connectivity index (χ0n) is 14.9. The molecule has 24 heavy (non-hydrogen) atoms. The normalized spacial score (nSPS) is 10.9. The van der Waals surface area contributed by atoms with Gasteiger partial charge < -0.3 is 14.8 Å². The molecule has 0 aromatic heterocycles. The summed E-state index contributed by atoms with van der Waals surface area (Å²) in [4.78, 5) is 0. The van der Waals surface area contributed by atoms with Crippen molar-refractivity contribution in [3.63, 3.8) is 0 Å². The van der Waals surface area contributed by atoms with E-state index in [4.69, 9.17) is 21.1 Å². The molecule has 0 bridgehead atoms. The minimum Gasteiger partial charge on any atom is -0.490 e. The Bertz CT molecular complexity index is 653. The molecule has 130 valence electrons. The van der Waals surface area contributed by atoms with E-state index in [1.165, 1.54) is 5.56 Å². The van der Waals surface area contributed by atoms with Gasteiger partial charge in [-0.3, -0.25) is 0 Å². The highest BCUT2D eigenvalue weighted by Gasteiger charge is 2.13. The third kappa shape index (κ3) is 5.43. The zero-order chi connectivity index (χ0) is 17.5. The number of rotatable bonds is 8. The van der Waals surface area contributed by atoms with Gasteiger partial charge in [-0.25, -0.2) is 0 Å². The second-order valence-corrected chi connectivity index (χ2v) is 6.55. The van der Waals surface area contributed by atoms with E-state index in [1.54, 1.807) is 0 Å². The lowest BCUT2D eigenvalue weighted by Crippen LogP contribution is -2.21. The van der Waals surface area contributed by atoms with E-state index < -0.39 is 0 Å². The Morgan fingerprint density at radius 1 is 1.04 bits per heavy atom. The standard InChI is InChI=1S/C20H26ClNO2/c1-5-23-19-11-17(12-22-14(2)3)10-18(21)20(19)24-13-16-8-6-15(4)7-9-16/h6-11,14,22H,5,12-13H2,1-4H3. The van der Waals surface area contributed by atoms with Gasteiger partial charge in [0.05, 0.1) is 11.6 Å². The van der Waals surface area contributed by atoms with E-state index in [9.17, 15) is 0 Å². The maximum atomic E-state index is 6.44. The lowest BCUT2D eigenvalue weighted by Gasteiger charge is -2.16. The predicted octanol–water partition coefficient (Wildman–Crippen LogP) is 5.12. The molecule has 0 atom stereocenters. The summed E-state index contributed by atoms with van der Waals surface area (Å²) in [7, 11) is 0. The summed E-state index contributed by atoms with van der Waals surface area (Å²) in [6.07, 6.45) is 0. The lowest BCUT2D eigenvalue weighted by molar-refractivity contribution is 0.269. The van der Waals surface area contributed by atoms with Crippen molar-refractivity contribution in [2.24, 2.45) is 0 Å². The van der Waals surface area contributed by atoms with E-state index in [0.717, 1.165) is 17.7 Å². The van der Waals surface area contributed by atoms with Crippen molar-refractivity contribution < 1.29 is 9.47 Å². The van der Waals surface area contributed by atoms with Crippen LogP contribution >= 0.6 is 11.6 Å². The topological polar surface area (TPSA) is 30.5 Å². The van der Waals surface area contributed by atoms with Crippen LogP contribution in [0.2, 0.25) is 5.02 Å². The van der Waals surface area contributed by atoms with Crippen LogP contribution in [0.3, 0.4) is 0 Å². The van der Waals surface area contributed by atoms with Gasteiger partial charge in [0.1, 0.15) is 6.61 Å². The van der Waals surface area contributed by atoms with Crippen LogP contribution < -0.4 is 14.8 Å². The van der Waals surface area contributed by atoms with E-state index in [2.05, 4.69) is 50.4 Å². The summed E-state index contributed by atoms with van der Waals surface area (Å²) in [6.45, 7) is 10.0. The molecule has 0 heterocycles. The Balaban J connectivity index is 2.16. The van der Waals surface area contributed by atoms with Gasteiger partial charge >= 0.3 is 0 Å².